The van der Waals surface area contributed by atoms with E-state index in [1.807, 2.05) is 0 Å². The van der Waals surface area contributed by atoms with Gasteiger partial charge in [-0.2, -0.15) is 0 Å². The van der Waals surface area contributed by atoms with E-state index in [0.717, 1.165) is 0 Å². The van der Waals surface area contributed by atoms with Crippen molar-refractivity contribution >= 4 is 11.9 Å². The van der Waals surface area contributed by atoms with Crippen LogP contribution in [0.2, 0.25) is 0 Å². The van der Waals surface area contributed by atoms with Crippen LogP contribution in [0.15, 0.2) is 36.8 Å². The standard InChI is InChI=1S/C12H11N5O2/c13-12(14)17-11(19)8-5-7(1-2-10(8)18)9-3-4-15-6-16-9/h1-6,18H,(H4,13,14,17,19). The van der Waals surface area contributed by atoms with Crippen LogP contribution in [0.5, 0.6) is 5.75 Å². The Morgan fingerprint density at radius 3 is 2.79 bits per heavy atom. The second-order valence-electron chi connectivity index (χ2n) is 3.69. The lowest BCUT2D eigenvalue weighted by Gasteiger charge is -2.07. The number of phenols is 1. The molecule has 0 aliphatic carbocycles. The van der Waals surface area contributed by atoms with E-state index < -0.39 is 11.9 Å². The average molecular weight is 257 g/mol. The predicted molar refractivity (Wildman–Crippen MR) is 68.5 cm³/mol. The fourth-order valence-electron chi connectivity index (χ4n) is 1.53. The molecule has 2 rings (SSSR count). The van der Waals surface area contributed by atoms with Gasteiger partial charge in [0.2, 0.25) is 0 Å². The topological polar surface area (TPSA) is 125 Å². The van der Waals surface area contributed by atoms with E-state index in [1.54, 1.807) is 18.3 Å². The Balaban J connectivity index is 2.40. The summed E-state index contributed by atoms with van der Waals surface area (Å²) in [6, 6.07) is 6.16. The lowest BCUT2D eigenvalue weighted by atomic mass is 10.1. The molecule has 0 bridgehead atoms. The highest BCUT2D eigenvalue weighted by molar-refractivity contribution is 6.06. The van der Waals surface area contributed by atoms with Gasteiger partial charge >= 0.3 is 0 Å². The van der Waals surface area contributed by atoms with Crippen LogP contribution in [-0.4, -0.2) is 26.9 Å². The number of hydrogen-bond donors (Lipinski definition) is 4. The number of carbonyl (C=O) groups excluding carboxylic acids is 1. The van der Waals surface area contributed by atoms with Crippen molar-refractivity contribution in [1.82, 2.24) is 15.3 Å². The Bertz CT molecular complexity index is 627. The molecule has 0 fully saturated rings. The number of hydrogen-bond acceptors (Lipinski definition) is 5. The molecule has 7 heteroatoms. The summed E-state index contributed by atoms with van der Waals surface area (Å²) < 4.78 is 0. The summed E-state index contributed by atoms with van der Waals surface area (Å²) >= 11 is 0. The van der Waals surface area contributed by atoms with Crippen molar-refractivity contribution in [2.75, 3.05) is 0 Å². The lowest BCUT2D eigenvalue weighted by Crippen LogP contribution is -2.35. The number of rotatable bonds is 2. The van der Waals surface area contributed by atoms with Gasteiger partial charge in [0.15, 0.2) is 5.96 Å². The first-order valence-corrected chi connectivity index (χ1v) is 5.32. The molecule has 0 radical (unpaired) electrons. The smallest absolute Gasteiger partial charge is 0.261 e. The van der Waals surface area contributed by atoms with Crippen LogP contribution in [-0.2, 0) is 0 Å². The number of benzene rings is 1. The number of guanidine groups is 1. The van der Waals surface area contributed by atoms with Crippen LogP contribution >= 0.6 is 0 Å². The molecule has 0 aliphatic rings. The van der Waals surface area contributed by atoms with Crippen molar-refractivity contribution in [3.63, 3.8) is 0 Å². The molecule has 0 aliphatic heterocycles. The molecule has 5 N–H and O–H groups in total. The molecule has 1 amide bonds. The third-order valence-corrected chi connectivity index (χ3v) is 2.37. The van der Waals surface area contributed by atoms with Gasteiger partial charge < -0.3 is 10.8 Å². The third kappa shape index (κ3) is 2.83. The van der Waals surface area contributed by atoms with Gasteiger partial charge in [0.1, 0.15) is 12.1 Å². The molecule has 2 aromatic rings. The Labute approximate surface area is 108 Å². The van der Waals surface area contributed by atoms with Crippen molar-refractivity contribution in [2.24, 2.45) is 5.73 Å². The molecule has 0 unspecified atom stereocenters. The zero-order valence-electron chi connectivity index (χ0n) is 9.79. The highest BCUT2D eigenvalue weighted by Gasteiger charge is 2.13. The molecule has 1 aromatic carbocycles. The van der Waals surface area contributed by atoms with Gasteiger partial charge in [-0.3, -0.25) is 15.5 Å². The molecule has 0 saturated heterocycles. The minimum absolute atomic E-state index is 0.0197. The number of aromatic nitrogens is 2. The summed E-state index contributed by atoms with van der Waals surface area (Å²) in [6.07, 6.45) is 2.96. The van der Waals surface area contributed by atoms with Gasteiger partial charge in [0.05, 0.1) is 11.3 Å². The molecule has 7 nitrogen and oxygen atoms in total. The number of aromatic hydroxyl groups is 1. The number of nitrogens with zero attached hydrogens (tertiary/aromatic N) is 2. The Kier molecular flexibility index (Phi) is 3.37. The highest BCUT2D eigenvalue weighted by Crippen LogP contribution is 2.24. The molecule has 0 saturated carbocycles. The SMILES string of the molecule is N=C(N)NC(=O)c1cc(-c2ccncn2)ccc1O. The third-order valence-electron chi connectivity index (χ3n) is 2.37. The number of amides is 1. The average Bonchev–Trinajstić information content (AvgIpc) is 2.39. The van der Waals surface area contributed by atoms with Crippen molar-refractivity contribution in [3.8, 4) is 17.0 Å². The zero-order chi connectivity index (χ0) is 13.8. The summed E-state index contributed by atoms with van der Waals surface area (Å²) in [5.74, 6) is -1.34. The first kappa shape index (κ1) is 12.5. The summed E-state index contributed by atoms with van der Waals surface area (Å²) in [7, 11) is 0. The fraction of sp³-hybridized carbons (Fsp3) is 0. The van der Waals surface area contributed by atoms with Crippen LogP contribution in [0.3, 0.4) is 0 Å². The van der Waals surface area contributed by atoms with Crippen molar-refractivity contribution in [3.05, 3.63) is 42.4 Å². The van der Waals surface area contributed by atoms with Crippen molar-refractivity contribution in [1.29, 1.82) is 5.41 Å². The second-order valence-corrected chi connectivity index (χ2v) is 3.69. The van der Waals surface area contributed by atoms with Gasteiger partial charge in [-0.15, -0.1) is 0 Å². The molecule has 96 valence electrons. The molecule has 0 spiro atoms. The molecule has 1 heterocycles. The van der Waals surface area contributed by atoms with Crippen LogP contribution in [0.1, 0.15) is 10.4 Å². The number of nitrogens with two attached hydrogens (primary N) is 1. The Morgan fingerprint density at radius 1 is 1.37 bits per heavy atom. The van der Waals surface area contributed by atoms with Crippen molar-refractivity contribution in [2.45, 2.75) is 0 Å². The van der Waals surface area contributed by atoms with Crippen LogP contribution in [0.25, 0.3) is 11.3 Å². The summed E-state index contributed by atoms with van der Waals surface area (Å²) in [5.41, 5.74) is 6.36. The zero-order valence-corrected chi connectivity index (χ0v) is 9.79. The molecular formula is C12H11N5O2. The second kappa shape index (κ2) is 5.13. The van der Waals surface area contributed by atoms with E-state index in [2.05, 4.69) is 15.3 Å². The molecular weight excluding hydrogens is 246 g/mol. The summed E-state index contributed by atoms with van der Waals surface area (Å²) in [4.78, 5) is 19.6. The molecule has 1 aromatic heterocycles. The first-order chi connectivity index (χ1) is 9.08. The van der Waals surface area contributed by atoms with Gasteiger partial charge in [-0.25, -0.2) is 9.97 Å². The predicted octanol–water partition coefficient (Wildman–Crippen LogP) is 0.472. The quantitative estimate of drug-likeness (QED) is 0.459. The maximum absolute atomic E-state index is 11.7. The highest BCUT2D eigenvalue weighted by atomic mass is 16.3. The summed E-state index contributed by atoms with van der Waals surface area (Å²) in [5, 5.41) is 18.8. The van der Waals surface area contributed by atoms with Gasteiger partial charge in [-0.1, -0.05) is 0 Å². The van der Waals surface area contributed by atoms with Gasteiger partial charge in [0.25, 0.3) is 5.91 Å². The van der Waals surface area contributed by atoms with E-state index in [1.165, 1.54) is 18.5 Å². The van der Waals surface area contributed by atoms with E-state index in [0.29, 0.717) is 11.3 Å². The van der Waals surface area contributed by atoms with E-state index in [4.69, 9.17) is 11.1 Å². The minimum atomic E-state index is -0.652. The van der Waals surface area contributed by atoms with Gasteiger partial charge in [0, 0.05) is 11.8 Å². The van der Waals surface area contributed by atoms with Crippen LogP contribution < -0.4 is 11.1 Å². The van der Waals surface area contributed by atoms with Crippen molar-refractivity contribution < 1.29 is 9.90 Å². The minimum Gasteiger partial charge on any atom is -0.507 e. The number of phenolic OH excluding ortho intramolecular Hbond substituents is 1. The lowest BCUT2D eigenvalue weighted by molar-refractivity contribution is 0.0974. The monoisotopic (exact) mass is 257 g/mol. The first-order valence-electron chi connectivity index (χ1n) is 5.32. The largest absolute Gasteiger partial charge is 0.507 e. The maximum Gasteiger partial charge on any atom is 0.261 e. The normalized spacial score (nSPS) is 9.89. The van der Waals surface area contributed by atoms with Gasteiger partial charge in [-0.05, 0) is 24.3 Å². The molecule has 0 atom stereocenters. The van der Waals surface area contributed by atoms with E-state index >= 15 is 0 Å². The van der Waals surface area contributed by atoms with Crippen LogP contribution in [0.4, 0.5) is 0 Å². The molecule has 19 heavy (non-hydrogen) atoms. The fourth-order valence-corrected chi connectivity index (χ4v) is 1.53. The Morgan fingerprint density at radius 2 is 2.16 bits per heavy atom. The van der Waals surface area contributed by atoms with Crippen LogP contribution in [0, 0.1) is 5.41 Å². The number of nitrogens with one attached hydrogen (secondary N) is 2. The summed E-state index contributed by atoms with van der Waals surface area (Å²) in [6.45, 7) is 0. The number of carbonyl (C=O) groups is 1. The maximum atomic E-state index is 11.7. The van der Waals surface area contributed by atoms with E-state index in [9.17, 15) is 9.90 Å². The van der Waals surface area contributed by atoms with E-state index in [-0.39, 0.29) is 11.3 Å². The Hall–Kier alpha value is -2.96.